The van der Waals surface area contributed by atoms with E-state index in [4.69, 9.17) is 28.2 Å². The molecule has 3 N–H and O–H groups in total. The molecule has 34 heavy (non-hydrogen) atoms. The molecule has 0 spiro atoms. The van der Waals surface area contributed by atoms with Crippen LogP contribution in [0.1, 0.15) is 47.5 Å². The molecule has 0 amide bonds. The summed E-state index contributed by atoms with van der Waals surface area (Å²) in [6, 6.07) is 10.6. The van der Waals surface area contributed by atoms with E-state index in [9.17, 15) is 9.90 Å². The summed E-state index contributed by atoms with van der Waals surface area (Å²) < 4.78 is 20.5. The maximum absolute atomic E-state index is 10.8. The third-order valence-corrected chi connectivity index (χ3v) is 5.95. The molecule has 8 nitrogen and oxygen atoms in total. The van der Waals surface area contributed by atoms with Crippen LogP contribution in [0.2, 0.25) is 0 Å². The fraction of sp³-hybridized carbons (Fsp3) is 0.480. The van der Waals surface area contributed by atoms with Crippen molar-refractivity contribution in [2.75, 3.05) is 26.4 Å². The van der Waals surface area contributed by atoms with Gasteiger partial charge < -0.3 is 33.3 Å². The molecule has 2 aromatic rings. The molecule has 0 saturated heterocycles. The van der Waals surface area contributed by atoms with E-state index in [1.165, 1.54) is 6.07 Å². The van der Waals surface area contributed by atoms with Gasteiger partial charge in [-0.1, -0.05) is 36.9 Å². The summed E-state index contributed by atoms with van der Waals surface area (Å²) >= 11 is 0. The first kappa shape index (κ1) is 31.6. The molecule has 0 radical (unpaired) electrons. The van der Waals surface area contributed by atoms with Gasteiger partial charge >= 0.3 is 15.5 Å². The number of ether oxygens (including phenoxy) is 1. The Kier molecular flexibility index (Phi) is 17.6. The monoisotopic (exact) mass is 496 g/mol. The van der Waals surface area contributed by atoms with Gasteiger partial charge in [-0.25, -0.2) is 4.79 Å². The van der Waals surface area contributed by atoms with Crippen LogP contribution in [0.3, 0.4) is 0 Å². The van der Waals surface area contributed by atoms with Gasteiger partial charge in [0.2, 0.25) is 0 Å². The third-order valence-electron chi connectivity index (χ3n) is 4.14. The Morgan fingerprint density at radius 1 is 1.00 bits per heavy atom. The minimum Gasteiger partial charge on any atom is -0.504 e. The van der Waals surface area contributed by atoms with E-state index in [2.05, 4.69) is 6.58 Å². The van der Waals surface area contributed by atoms with Gasteiger partial charge in [0.25, 0.3) is 0 Å². The Bertz CT molecular complexity index is 827. The van der Waals surface area contributed by atoms with Crippen molar-refractivity contribution >= 4 is 26.3 Å². The molecule has 0 heterocycles. The second-order valence-corrected chi connectivity index (χ2v) is 8.79. The first-order valence-corrected chi connectivity index (χ1v) is 12.8. The molecule has 0 saturated carbocycles. The fourth-order valence-electron chi connectivity index (χ4n) is 2.46. The molecule has 0 aliphatic carbocycles. The average molecular weight is 497 g/mol. The number of carbonyl (C=O) groups is 1. The molecule has 192 valence electrons. The SMILES string of the molecule is C=C(C)C(=O)OCCCC(C)O.CCO[SiH](OCC)OCC.Oc1ccc2ccccc2c1O. The molecule has 0 aliphatic heterocycles. The van der Waals surface area contributed by atoms with E-state index in [1.807, 2.05) is 39.0 Å². The predicted octanol–water partition coefficient (Wildman–Crippen LogP) is 4.33. The number of phenolic OH excluding ortho intramolecular Hbond substituents is 2. The van der Waals surface area contributed by atoms with Crippen molar-refractivity contribution in [3.05, 3.63) is 48.6 Å². The van der Waals surface area contributed by atoms with E-state index in [-0.39, 0.29) is 23.6 Å². The van der Waals surface area contributed by atoms with Crippen LogP contribution in [-0.2, 0) is 22.8 Å². The Morgan fingerprint density at radius 2 is 1.56 bits per heavy atom. The summed E-state index contributed by atoms with van der Waals surface area (Å²) in [6.45, 7) is 15.0. The maximum atomic E-state index is 10.8. The van der Waals surface area contributed by atoms with E-state index in [0.29, 0.717) is 50.2 Å². The Balaban J connectivity index is 0.000000484. The van der Waals surface area contributed by atoms with Crippen molar-refractivity contribution in [2.24, 2.45) is 0 Å². The fourth-order valence-corrected chi connectivity index (χ4v) is 3.57. The normalized spacial score (nSPS) is 11.1. The number of hydrogen-bond acceptors (Lipinski definition) is 8. The van der Waals surface area contributed by atoms with Crippen LogP contribution < -0.4 is 0 Å². The highest BCUT2D eigenvalue weighted by Crippen LogP contribution is 2.32. The Morgan fingerprint density at radius 3 is 2.06 bits per heavy atom. The number of fused-ring (bicyclic) bond motifs is 1. The van der Waals surface area contributed by atoms with Crippen LogP contribution in [-0.4, -0.2) is 63.3 Å². The van der Waals surface area contributed by atoms with Gasteiger partial charge in [-0.2, -0.15) is 0 Å². The van der Waals surface area contributed by atoms with Gasteiger partial charge in [0.05, 0.1) is 12.7 Å². The number of aliphatic hydroxyl groups is 1. The molecular formula is C25H40O8Si. The second kappa shape index (κ2) is 18.9. The standard InChI is InChI=1S/C10H8O2.C9H16O3.C6H16O3Si/c11-9-6-5-7-3-1-2-4-8(7)10(9)12;1-7(2)9(11)12-6-4-5-8(3)10;1-4-7-10(8-5-2)9-6-3/h1-6,11-12H;8,10H,1,4-6H2,2-3H3;10H,4-6H2,1-3H3. The highest BCUT2D eigenvalue weighted by Gasteiger charge is 2.11. The van der Waals surface area contributed by atoms with Crippen LogP contribution >= 0.6 is 0 Å². The number of rotatable bonds is 11. The number of carbonyl (C=O) groups excluding carboxylic acids is 1. The minimum absolute atomic E-state index is 0.0481. The Hall–Kier alpha value is -2.43. The number of hydrogen-bond donors (Lipinski definition) is 3. The lowest BCUT2D eigenvalue weighted by atomic mass is 10.1. The quantitative estimate of drug-likeness (QED) is 0.138. The van der Waals surface area contributed by atoms with Gasteiger partial charge in [0, 0.05) is 30.8 Å². The number of phenols is 2. The average Bonchev–Trinajstić information content (AvgIpc) is 2.80. The van der Waals surface area contributed by atoms with Crippen LogP contribution in [0.5, 0.6) is 11.5 Å². The topological polar surface area (TPSA) is 115 Å². The highest BCUT2D eigenvalue weighted by atomic mass is 28.3. The highest BCUT2D eigenvalue weighted by molar-refractivity contribution is 6.36. The lowest BCUT2D eigenvalue weighted by Crippen LogP contribution is -2.27. The molecule has 0 fully saturated rings. The smallest absolute Gasteiger partial charge is 0.484 e. The number of benzene rings is 2. The molecule has 1 atom stereocenters. The van der Waals surface area contributed by atoms with Gasteiger partial charge in [0.15, 0.2) is 11.5 Å². The zero-order valence-electron chi connectivity index (χ0n) is 21.0. The van der Waals surface area contributed by atoms with E-state index < -0.39 is 9.53 Å². The number of esters is 1. The second-order valence-electron chi connectivity index (χ2n) is 7.22. The number of aromatic hydroxyl groups is 2. The summed E-state index contributed by atoms with van der Waals surface area (Å²) in [4.78, 5) is 10.8. The molecule has 0 aromatic heterocycles. The van der Waals surface area contributed by atoms with Crippen LogP contribution in [0.15, 0.2) is 48.6 Å². The van der Waals surface area contributed by atoms with Crippen molar-refractivity contribution in [3.63, 3.8) is 0 Å². The first-order chi connectivity index (χ1) is 16.2. The van der Waals surface area contributed by atoms with E-state index in [0.717, 1.165) is 5.39 Å². The molecule has 2 aromatic carbocycles. The Labute approximate surface area is 204 Å². The van der Waals surface area contributed by atoms with E-state index in [1.54, 1.807) is 26.0 Å². The molecule has 0 bridgehead atoms. The summed E-state index contributed by atoms with van der Waals surface area (Å²) in [5.74, 6) is -0.484. The summed E-state index contributed by atoms with van der Waals surface area (Å²) in [5, 5.41) is 29.0. The summed E-state index contributed by atoms with van der Waals surface area (Å²) in [5.41, 5.74) is 0.409. The molecule has 2 rings (SSSR count). The lowest BCUT2D eigenvalue weighted by Gasteiger charge is -2.12. The lowest BCUT2D eigenvalue weighted by molar-refractivity contribution is -0.139. The zero-order valence-corrected chi connectivity index (χ0v) is 22.1. The summed E-state index contributed by atoms with van der Waals surface area (Å²) in [6.07, 6.45) is 1.02. The van der Waals surface area contributed by atoms with Gasteiger partial charge in [0.1, 0.15) is 0 Å². The number of aliphatic hydroxyl groups excluding tert-OH is 1. The van der Waals surface area contributed by atoms with Crippen LogP contribution in [0.4, 0.5) is 0 Å². The van der Waals surface area contributed by atoms with Crippen molar-refractivity contribution < 1.29 is 38.1 Å². The first-order valence-electron chi connectivity index (χ1n) is 11.4. The largest absolute Gasteiger partial charge is 0.504 e. The van der Waals surface area contributed by atoms with Crippen molar-refractivity contribution in [1.82, 2.24) is 0 Å². The molecule has 9 heteroatoms. The molecular weight excluding hydrogens is 456 g/mol. The van der Waals surface area contributed by atoms with Gasteiger partial charge in [-0.3, -0.25) is 0 Å². The van der Waals surface area contributed by atoms with E-state index >= 15 is 0 Å². The van der Waals surface area contributed by atoms with Crippen LogP contribution in [0, 0.1) is 0 Å². The molecule has 0 aliphatic rings. The van der Waals surface area contributed by atoms with Crippen molar-refractivity contribution in [1.29, 1.82) is 0 Å². The predicted molar refractivity (Wildman–Crippen MR) is 136 cm³/mol. The maximum Gasteiger partial charge on any atom is 0.484 e. The van der Waals surface area contributed by atoms with Gasteiger partial charge in [-0.05, 0) is 58.9 Å². The minimum atomic E-state index is -1.73. The van der Waals surface area contributed by atoms with Crippen LogP contribution in [0.25, 0.3) is 10.8 Å². The molecule has 1 unspecified atom stereocenters. The summed E-state index contributed by atoms with van der Waals surface area (Å²) in [7, 11) is -1.73. The van der Waals surface area contributed by atoms with Crippen molar-refractivity contribution in [3.8, 4) is 11.5 Å². The zero-order chi connectivity index (χ0) is 25.9. The van der Waals surface area contributed by atoms with Gasteiger partial charge in [-0.15, -0.1) is 0 Å². The van der Waals surface area contributed by atoms with Crippen molar-refractivity contribution in [2.45, 2.75) is 53.6 Å². The third kappa shape index (κ3) is 14.0.